The lowest BCUT2D eigenvalue weighted by Crippen LogP contribution is -2.15. The van der Waals surface area contributed by atoms with E-state index in [0.717, 1.165) is 0 Å². The highest BCUT2D eigenvalue weighted by atomic mass is 19.1. The van der Waals surface area contributed by atoms with Gasteiger partial charge in [0.1, 0.15) is 5.82 Å². The molecule has 0 bridgehead atoms. The number of carbonyl (C=O) groups is 2. The van der Waals surface area contributed by atoms with Crippen LogP contribution in [0.4, 0.5) is 8.78 Å². The van der Waals surface area contributed by atoms with E-state index < -0.39 is 23.5 Å². The summed E-state index contributed by atoms with van der Waals surface area (Å²) in [7, 11) is 0. The summed E-state index contributed by atoms with van der Waals surface area (Å²) in [5.74, 6) is -2.64. The Hall–Kier alpha value is -2.18. The van der Waals surface area contributed by atoms with E-state index >= 15 is 0 Å². The monoisotopic (exact) mass is 357 g/mol. The molecule has 1 aromatic carbocycles. The standard InChI is InChI=1S/C18H25F2NO4/c1-12(7-10-16(21)22)11-25-15-9-8-14(19)13(18(15)20)5-3-2-4-6-17(23)24/h8-9,12H,2-7,10-11H2,1H3,(H2,21,22)(H,23,24)/t12-/m0/s1. The summed E-state index contributed by atoms with van der Waals surface area (Å²) >= 11 is 0. The maximum atomic E-state index is 14.4. The van der Waals surface area contributed by atoms with Gasteiger partial charge >= 0.3 is 5.97 Å². The van der Waals surface area contributed by atoms with E-state index in [-0.39, 0.29) is 43.1 Å². The summed E-state index contributed by atoms with van der Waals surface area (Å²) in [6, 6.07) is 2.42. The zero-order valence-electron chi connectivity index (χ0n) is 14.4. The van der Waals surface area contributed by atoms with Crippen LogP contribution in [-0.2, 0) is 16.0 Å². The maximum absolute atomic E-state index is 14.4. The molecule has 0 unspecified atom stereocenters. The summed E-state index contributed by atoms with van der Waals surface area (Å²) in [4.78, 5) is 21.2. The van der Waals surface area contributed by atoms with Crippen molar-refractivity contribution in [2.24, 2.45) is 11.7 Å². The molecule has 7 heteroatoms. The minimum absolute atomic E-state index is 0.0106. The number of primary amides is 1. The molecule has 0 saturated carbocycles. The van der Waals surface area contributed by atoms with E-state index in [1.54, 1.807) is 0 Å². The number of hydrogen-bond acceptors (Lipinski definition) is 3. The van der Waals surface area contributed by atoms with Crippen molar-refractivity contribution >= 4 is 11.9 Å². The summed E-state index contributed by atoms with van der Waals surface area (Å²) in [6.45, 7) is 2.06. The predicted molar refractivity (Wildman–Crippen MR) is 89.3 cm³/mol. The van der Waals surface area contributed by atoms with Crippen LogP contribution < -0.4 is 10.5 Å². The summed E-state index contributed by atoms with van der Waals surface area (Å²) < 4.78 is 33.7. The van der Waals surface area contributed by atoms with Crippen LogP contribution in [0.15, 0.2) is 12.1 Å². The summed E-state index contributed by atoms with van der Waals surface area (Å²) in [5.41, 5.74) is 5.04. The fourth-order valence-corrected chi connectivity index (χ4v) is 2.38. The Morgan fingerprint density at radius 3 is 2.56 bits per heavy atom. The van der Waals surface area contributed by atoms with Gasteiger partial charge in [0.25, 0.3) is 0 Å². The molecule has 5 nitrogen and oxygen atoms in total. The highest BCUT2D eigenvalue weighted by Crippen LogP contribution is 2.25. The van der Waals surface area contributed by atoms with Gasteiger partial charge in [-0.15, -0.1) is 0 Å². The van der Waals surface area contributed by atoms with Gasteiger partial charge in [0, 0.05) is 18.4 Å². The Kier molecular flexibility index (Phi) is 8.88. The van der Waals surface area contributed by atoms with Gasteiger partial charge in [0.15, 0.2) is 11.6 Å². The maximum Gasteiger partial charge on any atom is 0.303 e. The van der Waals surface area contributed by atoms with Crippen molar-refractivity contribution in [3.05, 3.63) is 29.3 Å². The van der Waals surface area contributed by atoms with Gasteiger partial charge in [-0.05, 0) is 43.7 Å². The minimum Gasteiger partial charge on any atom is -0.490 e. The third-order valence-electron chi connectivity index (χ3n) is 3.87. The molecule has 3 N–H and O–H groups in total. The first-order valence-corrected chi connectivity index (χ1v) is 8.41. The number of hydrogen-bond donors (Lipinski definition) is 2. The number of benzene rings is 1. The van der Waals surface area contributed by atoms with E-state index in [1.165, 1.54) is 12.1 Å². The number of ether oxygens (including phenoxy) is 1. The number of nitrogens with two attached hydrogens (primary N) is 1. The van der Waals surface area contributed by atoms with Crippen LogP contribution in [0, 0.1) is 17.6 Å². The Morgan fingerprint density at radius 1 is 1.20 bits per heavy atom. The van der Waals surface area contributed by atoms with Gasteiger partial charge in [0.05, 0.1) is 6.61 Å². The van der Waals surface area contributed by atoms with Gasteiger partial charge < -0.3 is 15.6 Å². The van der Waals surface area contributed by atoms with Crippen molar-refractivity contribution in [3.63, 3.8) is 0 Å². The first-order valence-electron chi connectivity index (χ1n) is 8.41. The van der Waals surface area contributed by atoms with Crippen molar-refractivity contribution in [3.8, 4) is 5.75 Å². The molecule has 0 saturated heterocycles. The lowest BCUT2D eigenvalue weighted by Gasteiger charge is -2.14. The Morgan fingerprint density at radius 2 is 1.92 bits per heavy atom. The first kappa shape index (κ1) is 20.9. The van der Waals surface area contributed by atoms with E-state index in [2.05, 4.69) is 0 Å². The third-order valence-corrected chi connectivity index (χ3v) is 3.87. The molecule has 0 spiro atoms. The molecular formula is C18H25F2NO4. The van der Waals surface area contributed by atoms with Gasteiger partial charge in [-0.1, -0.05) is 13.3 Å². The second-order valence-electron chi connectivity index (χ2n) is 6.21. The van der Waals surface area contributed by atoms with Crippen LogP contribution in [0.5, 0.6) is 5.75 Å². The minimum atomic E-state index is -0.877. The summed E-state index contributed by atoms with van der Waals surface area (Å²) in [5, 5.41) is 8.56. The van der Waals surface area contributed by atoms with Crippen LogP contribution >= 0.6 is 0 Å². The van der Waals surface area contributed by atoms with Gasteiger partial charge in [-0.3, -0.25) is 9.59 Å². The van der Waals surface area contributed by atoms with Crippen LogP contribution in [0.1, 0.15) is 51.0 Å². The Bertz CT molecular complexity index is 593. The van der Waals surface area contributed by atoms with Gasteiger partial charge in [-0.25, -0.2) is 8.78 Å². The number of rotatable bonds is 12. The average Bonchev–Trinajstić information content (AvgIpc) is 2.54. The van der Waals surface area contributed by atoms with Gasteiger partial charge in [-0.2, -0.15) is 0 Å². The lowest BCUT2D eigenvalue weighted by molar-refractivity contribution is -0.137. The molecule has 1 atom stereocenters. The number of amides is 1. The second-order valence-corrected chi connectivity index (χ2v) is 6.21. The molecular weight excluding hydrogens is 332 g/mol. The van der Waals surface area contributed by atoms with Crippen molar-refractivity contribution in [1.29, 1.82) is 0 Å². The van der Waals surface area contributed by atoms with Crippen molar-refractivity contribution in [1.82, 2.24) is 0 Å². The summed E-state index contributed by atoms with van der Waals surface area (Å²) in [6.07, 6.45) is 2.57. The number of carbonyl (C=O) groups excluding carboxylic acids is 1. The molecule has 0 aromatic heterocycles. The quantitative estimate of drug-likeness (QED) is 0.561. The molecule has 1 amide bonds. The van der Waals surface area contributed by atoms with Gasteiger partial charge in [0.2, 0.25) is 5.91 Å². The number of unbranched alkanes of at least 4 members (excludes halogenated alkanes) is 2. The molecule has 1 rings (SSSR count). The first-order chi connectivity index (χ1) is 11.8. The zero-order valence-corrected chi connectivity index (χ0v) is 14.4. The van der Waals surface area contributed by atoms with Crippen LogP contribution in [0.3, 0.4) is 0 Å². The molecule has 0 radical (unpaired) electrons. The normalized spacial score (nSPS) is 12.0. The van der Waals surface area contributed by atoms with E-state index in [1.807, 2.05) is 6.92 Å². The molecule has 25 heavy (non-hydrogen) atoms. The molecule has 0 heterocycles. The topological polar surface area (TPSA) is 89.6 Å². The predicted octanol–water partition coefficient (Wildman–Crippen LogP) is 3.43. The van der Waals surface area contributed by atoms with E-state index in [0.29, 0.717) is 25.7 Å². The average molecular weight is 357 g/mol. The Balaban J connectivity index is 2.56. The van der Waals surface area contributed by atoms with Crippen molar-refractivity contribution in [2.75, 3.05) is 6.61 Å². The number of halogens is 2. The number of aliphatic carboxylic acids is 1. The highest BCUT2D eigenvalue weighted by Gasteiger charge is 2.15. The van der Waals surface area contributed by atoms with Crippen molar-refractivity contribution < 1.29 is 28.2 Å². The SMILES string of the molecule is C[C@@H](CCC(N)=O)COc1ccc(F)c(CCCCCC(=O)O)c1F. The molecule has 0 fully saturated rings. The Labute approximate surface area is 146 Å². The number of carboxylic acids is 1. The largest absolute Gasteiger partial charge is 0.490 e. The second kappa shape index (κ2) is 10.6. The fourth-order valence-electron chi connectivity index (χ4n) is 2.38. The van der Waals surface area contributed by atoms with Crippen LogP contribution in [0.25, 0.3) is 0 Å². The molecule has 140 valence electrons. The molecule has 0 aliphatic rings. The van der Waals surface area contributed by atoms with E-state index in [4.69, 9.17) is 15.6 Å². The molecule has 0 aliphatic carbocycles. The lowest BCUT2D eigenvalue weighted by atomic mass is 10.0. The van der Waals surface area contributed by atoms with Crippen LogP contribution in [0.2, 0.25) is 0 Å². The number of carboxylic acid groups (broad SMARTS) is 1. The van der Waals surface area contributed by atoms with E-state index in [9.17, 15) is 18.4 Å². The third kappa shape index (κ3) is 7.96. The smallest absolute Gasteiger partial charge is 0.303 e. The fraction of sp³-hybridized carbons (Fsp3) is 0.556. The zero-order chi connectivity index (χ0) is 18.8. The highest BCUT2D eigenvalue weighted by molar-refractivity contribution is 5.73. The molecule has 1 aromatic rings. The molecule has 0 aliphatic heterocycles. The van der Waals surface area contributed by atoms with Crippen LogP contribution in [-0.4, -0.2) is 23.6 Å². The van der Waals surface area contributed by atoms with Crippen molar-refractivity contribution in [2.45, 2.75) is 51.9 Å².